The summed E-state index contributed by atoms with van der Waals surface area (Å²) in [6.07, 6.45) is 1.51. The number of carbonyl (C=O) groups is 1. The molecule has 3 aromatic rings. The summed E-state index contributed by atoms with van der Waals surface area (Å²) in [7, 11) is 1.41. The summed E-state index contributed by atoms with van der Waals surface area (Å²) < 4.78 is 24.2. The van der Waals surface area contributed by atoms with Gasteiger partial charge in [-0.15, -0.1) is 11.8 Å². The van der Waals surface area contributed by atoms with Crippen molar-refractivity contribution in [3.8, 4) is 5.75 Å². The third-order valence-electron chi connectivity index (χ3n) is 4.11. The van der Waals surface area contributed by atoms with Crippen molar-refractivity contribution < 1.29 is 18.3 Å². The number of furan rings is 1. The van der Waals surface area contributed by atoms with Crippen LogP contribution < -0.4 is 10.1 Å². The standard InChI is InChI=1S/C21H20FNO3S/c1-14(15-8-9-19(25-2)18(22)12-15)23-21(24)20-16(10-11-26-20)13-27-17-6-4-3-5-7-17/h3-12,14H,13H2,1-2H3,(H,23,24). The number of hydrogen-bond acceptors (Lipinski definition) is 4. The van der Waals surface area contributed by atoms with E-state index in [1.165, 1.54) is 19.4 Å². The number of benzene rings is 2. The Morgan fingerprint density at radius 3 is 2.70 bits per heavy atom. The maximum atomic E-state index is 13.9. The van der Waals surface area contributed by atoms with Crippen LogP contribution in [-0.4, -0.2) is 13.0 Å². The summed E-state index contributed by atoms with van der Waals surface area (Å²) in [4.78, 5) is 13.7. The Bertz CT molecular complexity index is 911. The molecule has 27 heavy (non-hydrogen) atoms. The second kappa shape index (κ2) is 8.77. The van der Waals surface area contributed by atoms with Gasteiger partial charge in [-0.3, -0.25) is 4.79 Å². The van der Waals surface area contributed by atoms with Gasteiger partial charge in [0.15, 0.2) is 17.3 Å². The summed E-state index contributed by atoms with van der Waals surface area (Å²) >= 11 is 1.63. The molecule has 0 saturated heterocycles. The number of carbonyl (C=O) groups excluding carboxylic acids is 1. The van der Waals surface area contributed by atoms with Crippen molar-refractivity contribution >= 4 is 17.7 Å². The van der Waals surface area contributed by atoms with Crippen LogP contribution in [0.4, 0.5) is 4.39 Å². The number of methoxy groups -OCH3 is 1. The van der Waals surface area contributed by atoms with E-state index in [9.17, 15) is 9.18 Å². The first kappa shape index (κ1) is 19.0. The van der Waals surface area contributed by atoms with Gasteiger partial charge in [-0.25, -0.2) is 4.39 Å². The van der Waals surface area contributed by atoms with Gasteiger partial charge in [0, 0.05) is 16.2 Å². The largest absolute Gasteiger partial charge is 0.494 e. The smallest absolute Gasteiger partial charge is 0.287 e. The van der Waals surface area contributed by atoms with Crippen molar-refractivity contribution in [3.05, 3.63) is 83.6 Å². The number of ether oxygens (including phenoxy) is 1. The van der Waals surface area contributed by atoms with Gasteiger partial charge in [0.25, 0.3) is 5.91 Å². The zero-order chi connectivity index (χ0) is 19.2. The van der Waals surface area contributed by atoms with Gasteiger partial charge in [-0.1, -0.05) is 24.3 Å². The minimum absolute atomic E-state index is 0.170. The minimum atomic E-state index is -0.464. The van der Waals surface area contributed by atoms with Crippen LogP contribution in [0.15, 0.2) is 70.2 Å². The van der Waals surface area contributed by atoms with Crippen molar-refractivity contribution in [2.45, 2.75) is 23.6 Å². The summed E-state index contributed by atoms with van der Waals surface area (Å²) in [6.45, 7) is 1.79. The van der Waals surface area contributed by atoms with Gasteiger partial charge >= 0.3 is 0 Å². The molecule has 1 amide bonds. The highest BCUT2D eigenvalue weighted by molar-refractivity contribution is 7.98. The van der Waals surface area contributed by atoms with E-state index in [0.717, 1.165) is 10.5 Å². The van der Waals surface area contributed by atoms with Crippen LogP contribution in [0.1, 0.15) is 34.6 Å². The fourth-order valence-electron chi connectivity index (χ4n) is 2.62. The quantitative estimate of drug-likeness (QED) is 0.567. The van der Waals surface area contributed by atoms with E-state index < -0.39 is 5.82 Å². The van der Waals surface area contributed by atoms with Crippen LogP contribution in [0.2, 0.25) is 0 Å². The molecule has 0 saturated carbocycles. The van der Waals surface area contributed by atoms with E-state index in [-0.39, 0.29) is 23.5 Å². The SMILES string of the molecule is COc1ccc(C(C)NC(=O)c2occc2CSc2ccccc2)cc1F. The second-order valence-electron chi connectivity index (χ2n) is 5.97. The third kappa shape index (κ3) is 4.71. The summed E-state index contributed by atoms with van der Waals surface area (Å²) in [5.41, 5.74) is 1.46. The van der Waals surface area contributed by atoms with Gasteiger partial charge in [0.05, 0.1) is 19.4 Å². The molecule has 0 fully saturated rings. The van der Waals surface area contributed by atoms with Crippen molar-refractivity contribution in [3.63, 3.8) is 0 Å². The fraction of sp³-hybridized carbons (Fsp3) is 0.190. The molecule has 0 radical (unpaired) electrons. The molecule has 1 N–H and O–H groups in total. The highest BCUT2D eigenvalue weighted by atomic mass is 32.2. The third-order valence-corrected chi connectivity index (χ3v) is 5.17. The molecule has 3 rings (SSSR count). The van der Waals surface area contributed by atoms with E-state index >= 15 is 0 Å². The number of thioether (sulfide) groups is 1. The fourth-order valence-corrected chi connectivity index (χ4v) is 3.52. The van der Waals surface area contributed by atoms with E-state index in [2.05, 4.69) is 5.32 Å². The second-order valence-corrected chi connectivity index (χ2v) is 7.01. The molecule has 0 spiro atoms. The maximum Gasteiger partial charge on any atom is 0.287 e. The Hall–Kier alpha value is -2.73. The molecule has 140 valence electrons. The Kier molecular flexibility index (Phi) is 6.19. The molecule has 1 atom stereocenters. The highest BCUT2D eigenvalue weighted by Crippen LogP contribution is 2.26. The number of nitrogens with one attached hydrogen (secondary N) is 1. The molecule has 1 aromatic heterocycles. The number of amides is 1. The Morgan fingerprint density at radius 1 is 1.22 bits per heavy atom. The molecule has 1 unspecified atom stereocenters. The topological polar surface area (TPSA) is 51.5 Å². The molecule has 1 heterocycles. The summed E-state index contributed by atoms with van der Waals surface area (Å²) in [6, 6.07) is 16.0. The van der Waals surface area contributed by atoms with Crippen LogP contribution in [-0.2, 0) is 5.75 Å². The highest BCUT2D eigenvalue weighted by Gasteiger charge is 2.19. The number of halogens is 1. The first-order valence-electron chi connectivity index (χ1n) is 8.47. The lowest BCUT2D eigenvalue weighted by atomic mass is 10.1. The Labute approximate surface area is 161 Å². The maximum absolute atomic E-state index is 13.9. The van der Waals surface area contributed by atoms with Gasteiger partial charge < -0.3 is 14.5 Å². The summed E-state index contributed by atoms with van der Waals surface area (Å²) in [5.74, 6) is 0.277. The molecule has 0 bridgehead atoms. The predicted octanol–water partition coefficient (Wildman–Crippen LogP) is 5.21. The number of hydrogen-bond donors (Lipinski definition) is 1. The van der Waals surface area contributed by atoms with Crippen molar-refractivity contribution in [1.29, 1.82) is 0 Å². The average Bonchev–Trinajstić information content (AvgIpc) is 3.16. The first-order chi connectivity index (χ1) is 13.1. The molecule has 0 aliphatic rings. The van der Waals surface area contributed by atoms with Crippen molar-refractivity contribution in [1.82, 2.24) is 5.32 Å². The lowest BCUT2D eigenvalue weighted by Gasteiger charge is -2.15. The molecule has 2 aromatic carbocycles. The van der Waals surface area contributed by atoms with Crippen molar-refractivity contribution in [2.24, 2.45) is 0 Å². The van der Waals surface area contributed by atoms with Gasteiger partial charge in [0.1, 0.15) is 0 Å². The van der Waals surface area contributed by atoms with Crippen LogP contribution in [0.3, 0.4) is 0 Å². The lowest BCUT2D eigenvalue weighted by molar-refractivity contribution is 0.0911. The van der Waals surface area contributed by atoms with E-state index in [1.54, 1.807) is 36.9 Å². The normalized spacial score (nSPS) is 11.8. The lowest BCUT2D eigenvalue weighted by Crippen LogP contribution is -2.27. The average molecular weight is 385 g/mol. The van der Waals surface area contributed by atoms with Gasteiger partial charge in [-0.05, 0) is 42.8 Å². The van der Waals surface area contributed by atoms with E-state index in [0.29, 0.717) is 11.3 Å². The van der Waals surface area contributed by atoms with Gasteiger partial charge in [-0.2, -0.15) is 0 Å². The Morgan fingerprint density at radius 2 is 2.00 bits per heavy atom. The number of rotatable bonds is 7. The Balaban J connectivity index is 1.66. The molecule has 6 heteroatoms. The minimum Gasteiger partial charge on any atom is -0.494 e. The van der Waals surface area contributed by atoms with Crippen LogP contribution in [0.5, 0.6) is 5.75 Å². The van der Waals surface area contributed by atoms with Crippen LogP contribution in [0.25, 0.3) is 0 Å². The van der Waals surface area contributed by atoms with Crippen molar-refractivity contribution in [2.75, 3.05) is 7.11 Å². The predicted molar refractivity (Wildman–Crippen MR) is 104 cm³/mol. The van der Waals surface area contributed by atoms with Crippen LogP contribution in [0, 0.1) is 5.82 Å². The summed E-state index contributed by atoms with van der Waals surface area (Å²) in [5, 5.41) is 2.85. The molecule has 0 aliphatic carbocycles. The van der Waals surface area contributed by atoms with E-state index in [1.807, 2.05) is 30.3 Å². The van der Waals surface area contributed by atoms with E-state index in [4.69, 9.17) is 9.15 Å². The molecule has 0 aliphatic heterocycles. The molecule has 4 nitrogen and oxygen atoms in total. The van der Waals surface area contributed by atoms with Gasteiger partial charge in [0.2, 0.25) is 0 Å². The van der Waals surface area contributed by atoms with Crippen LogP contribution >= 0.6 is 11.8 Å². The first-order valence-corrected chi connectivity index (χ1v) is 9.45. The molecular weight excluding hydrogens is 365 g/mol. The monoisotopic (exact) mass is 385 g/mol. The zero-order valence-electron chi connectivity index (χ0n) is 15.1. The molecular formula is C21H20FNO3S. The zero-order valence-corrected chi connectivity index (χ0v) is 15.9.